The third-order valence-electron chi connectivity index (χ3n) is 4.39. The van der Waals surface area contributed by atoms with Crippen molar-refractivity contribution in [3.05, 3.63) is 61.8 Å². The van der Waals surface area contributed by atoms with Crippen molar-refractivity contribution in [3.63, 3.8) is 0 Å². The Labute approximate surface area is 160 Å². The van der Waals surface area contributed by atoms with Crippen molar-refractivity contribution in [2.45, 2.75) is 6.92 Å². The lowest BCUT2D eigenvalue weighted by Gasteiger charge is -2.36. The highest BCUT2D eigenvalue weighted by Crippen LogP contribution is 2.22. The number of nitrogens with zero attached hydrogens (tertiary/aromatic N) is 4. The van der Waals surface area contributed by atoms with Gasteiger partial charge in [-0.1, -0.05) is 0 Å². The van der Waals surface area contributed by atoms with Crippen LogP contribution in [0, 0.1) is 28.4 Å². The van der Waals surface area contributed by atoms with Crippen LogP contribution in [0.2, 0.25) is 0 Å². The lowest BCUT2D eigenvalue weighted by atomic mass is 10.2. The lowest BCUT2D eigenvalue weighted by molar-refractivity contribution is -0.384. The van der Waals surface area contributed by atoms with Crippen LogP contribution in [0.1, 0.15) is 9.75 Å². The Hall–Kier alpha value is -3.18. The molecule has 2 aromatic rings. The van der Waals surface area contributed by atoms with Crippen LogP contribution in [-0.4, -0.2) is 41.9 Å². The SMILES string of the molecule is Cc1ccc(/C=C(\C#N)C(=O)N2CCN(c3ccc([N+](=O)[O-])cc3)CC2)s1. The molecule has 1 aliphatic rings. The van der Waals surface area contributed by atoms with E-state index in [-0.39, 0.29) is 17.2 Å². The number of hydrogen-bond acceptors (Lipinski definition) is 6. The summed E-state index contributed by atoms with van der Waals surface area (Å²) < 4.78 is 0. The molecule has 0 radical (unpaired) electrons. The van der Waals surface area contributed by atoms with Gasteiger partial charge in [0.25, 0.3) is 11.6 Å². The number of nitro benzene ring substituents is 1. The van der Waals surface area contributed by atoms with Crippen LogP contribution in [0.3, 0.4) is 0 Å². The van der Waals surface area contributed by atoms with Gasteiger partial charge in [-0.05, 0) is 37.3 Å². The fourth-order valence-corrected chi connectivity index (χ4v) is 3.76. The second kappa shape index (κ2) is 8.01. The first kappa shape index (κ1) is 18.6. The maximum Gasteiger partial charge on any atom is 0.269 e. The van der Waals surface area contributed by atoms with Gasteiger partial charge < -0.3 is 9.80 Å². The molecule has 1 amide bonds. The van der Waals surface area contributed by atoms with Gasteiger partial charge in [-0.3, -0.25) is 14.9 Å². The number of amides is 1. The van der Waals surface area contributed by atoms with Crippen LogP contribution in [0.4, 0.5) is 11.4 Å². The van der Waals surface area contributed by atoms with E-state index in [1.807, 2.05) is 25.1 Å². The van der Waals surface area contributed by atoms with E-state index >= 15 is 0 Å². The number of nitro groups is 1. The number of rotatable bonds is 4. The van der Waals surface area contributed by atoms with Gasteiger partial charge in [0, 0.05) is 53.8 Å². The van der Waals surface area contributed by atoms with Crippen molar-refractivity contribution in [1.82, 2.24) is 4.90 Å². The van der Waals surface area contributed by atoms with Crippen LogP contribution in [0.15, 0.2) is 42.0 Å². The van der Waals surface area contributed by atoms with Crippen molar-refractivity contribution in [1.29, 1.82) is 5.26 Å². The number of benzene rings is 1. The van der Waals surface area contributed by atoms with E-state index in [1.54, 1.807) is 34.4 Å². The predicted octanol–water partition coefficient (Wildman–Crippen LogP) is 3.22. The van der Waals surface area contributed by atoms with E-state index in [2.05, 4.69) is 4.90 Å². The van der Waals surface area contributed by atoms with Gasteiger partial charge in [0.1, 0.15) is 11.6 Å². The molecule has 0 saturated carbocycles. The summed E-state index contributed by atoms with van der Waals surface area (Å²) in [6, 6.07) is 12.3. The van der Waals surface area contributed by atoms with Crippen molar-refractivity contribution < 1.29 is 9.72 Å². The zero-order chi connectivity index (χ0) is 19.4. The van der Waals surface area contributed by atoms with E-state index in [4.69, 9.17) is 0 Å². The molecule has 3 rings (SSSR count). The highest BCUT2D eigenvalue weighted by molar-refractivity contribution is 7.12. The molecule has 0 bridgehead atoms. The average Bonchev–Trinajstić information content (AvgIpc) is 3.10. The van der Waals surface area contributed by atoms with Gasteiger partial charge in [0.05, 0.1) is 4.92 Å². The molecule has 1 aliphatic heterocycles. The van der Waals surface area contributed by atoms with Gasteiger partial charge in [0.2, 0.25) is 0 Å². The number of carbonyl (C=O) groups is 1. The molecule has 27 heavy (non-hydrogen) atoms. The summed E-state index contributed by atoms with van der Waals surface area (Å²) in [4.78, 5) is 28.7. The predicted molar refractivity (Wildman–Crippen MR) is 105 cm³/mol. The van der Waals surface area contributed by atoms with Crippen molar-refractivity contribution in [2.75, 3.05) is 31.1 Å². The van der Waals surface area contributed by atoms with Crippen molar-refractivity contribution >= 4 is 34.7 Å². The van der Waals surface area contributed by atoms with Crippen molar-refractivity contribution in [2.24, 2.45) is 0 Å². The van der Waals surface area contributed by atoms with Crippen LogP contribution < -0.4 is 4.90 Å². The maximum absolute atomic E-state index is 12.6. The minimum Gasteiger partial charge on any atom is -0.368 e. The van der Waals surface area contributed by atoms with Crippen LogP contribution in [-0.2, 0) is 4.79 Å². The number of anilines is 1. The second-order valence-electron chi connectivity index (χ2n) is 6.17. The zero-order valence-electron chi connectivity index (χ0n) is 14.8. The van der Waals surface area contributed by atoms with Gasteiger partial charge in [-0.25, -0.2) is 0 Å². The van der Waals surface area contributed by atoms with E-state index in [1.165, 1.54) is 12.1 Å². The minimum atomic E-state index is -0.425. The van der Waals surface area contributed by atoms with Crippen LogP contribution in [0.25, 0.3) is 6.08 Å². The highest BCUT2D eigenvalue weighted by Gasteiger charge is 2.24. The Kier molecular flexibility index (Phi) is 5.52. The smallest absolute Gasteiger partial charge is 0.269 e. The number of thiophene rings is 1. The minimum absolute atomic E-state index is 0.0557. The quantitative estimate of drug-likeness (QED) is 0.350. The number of non-ortho nitro benzene ring substituents is 1. The normalized spacial score (nSPS) is 14.7. The molecular weight excluding hydrogens is 364 g/mol. The second-order valence-corrected chi connectivity index (χ2v) is 7.49. The molecular formula is C19H18N4O3S. The molecule has 0 N–H and O–H groups in total. The molecule has 0 unspecified atom stereocenters. The molecule has 1 fully saturated rings. The molecule has 7 nitrogen and oxygen atoms in total. The Morgan fingerprint density at radius 2 is 1.85 bits per heavy atom. The van der Waals surface area contributed by atoms with E-state index in [9.17, 15) is 20.2 Å². The molecule has 0 atom stereocenters. The summed E-state index contributed by atoms with van der Waals surface area (Å²) in [5.74, 6) is -0.257. The molecule has 1 saturated heterocycles. The molecule has 0 aliphatic carbocycles. The zero-order valence-corrected chi connectivity index (χ0v) is 15.6. The summed E-state index contributed by atoms with van der Waals surface area (Å²) >= 11 is 1.54. The fraction of sp³-hybridized carbons (Fsp3) is 0.263. The number of nitriles is 1. The first-order valence-corrected chi connectivity index (χ1v) is 9.26. The molecule has 2 heterocycles. The molecule has 1 aromatic heterocycles. The number of piperazine rings is 1. The number of aryl methyl sites for hydroxylation is 1. The summed E-state index contributed by atoms with van der Waals surface area (Å²) in [7, 11) is 0. The first-order valence-electron chi connectivity index (χ1n) is 8.45. The fourth-order valence-electron chi connectivity index (χ4n) is 2.94. The van der Waals surface area contributed by atoms with Crippen LogP contribution >= 0.6 is 11.3 Å². The van der Waals surface area contributed by atoms with E-state index in [0.29, 0.717) is 26.2 Å². The van der Waals surface area contributed by atoms with E-state index < -0.39 is 4.92 Å². The largest absolute Gasteiger partial charge is 0.368 e. The van der Waals surface area contributed by atoms with Crippen molar-refractivity contribution in [3.8, 4) is 6.07 Å². The third kappa shape index (κ3) is 4.33. The summed E-state index contributed by atoms with van der Waals surface area (Å²) in [6.07, 6.45) is 1.64. The van der Waals surface area contributed by atoms with Crippen LogP contribution in [0.5, 0.6) is 0 Å². The average molecular weight is 382 g/mol. The number of hydrogen-bond donors (Lipinski definition) is 0. The maximum atomic E-state index is 12.6. The van der Waals surface area contributed by atoms with Gasteiger partial charge in [-0.2, -0.15) is 5.26 Å². The van der Waals surface area contributed by atoms with E-state index in [0.717, 1.165) is 15.4 Å². The van der Waals surface area contributed by atoms with Gasteiger partial charge in [-0.15, -0.1) is 11.3 Å². The lowest BCUT2D eigenvalue weighted by Crippen LogP contribution is -2.49. The summed E-state index contributed by atoms with van der Waals surface area (Å²) in [5, 5.41) is 20.1. The molecule has 0 spiro atoms. The Balaban J connectivity index is 1.64. The monoisotopic (exact) mass is 382 g/mol. The Bertz CT molecular complexity index is 919. The molecule has 138 valence electrons. The topological polar surface area (TPSA) is 90.5 Å². The highest BCUT2D eigenvalue weighted by atomic mass is 32.1. The summed E-state index contributed by atoms with van der Waals surface area (Å²) in [5.41, 5.74) is 1.08. The third-order valence-corrected chi connectivity index (χ3v) is 5.34. The number of carbonyl (C=O) groups excluding carboxylic acids is 1. The first-order chi connectivity index (χ1) is 13.0. The Morgan fingerprint density at radius 3 is 2.37 bits per heavy atom. The summed E-state index contributed by atoms with van der Waals surface area (Å²) in [6.45, 7) is 4.20. The molecule has 8 heteroatoms. The van der Waals surface area contributed by atoms with Gasteiger partial charge >= 0.3 is 0 Å². The Morgan fingerprint density at radius 1 is 1.19 bits per heavy atom. The molecule has 1 aromatic carbocycles. The standard InChI is InChI=1S/C19H18N4O3S/c1-14-2-7-18(27-14)12-15(13-20)19(24)22-10-8-21(9-11-22)16-3-5-17(6-4-16)23(25)26/h2-7,12H,8-11H2,1H3/b15-12+. The van der Waals surface area contributed by atoms with Gasteiger partial charge in [0.15, 0.2) is 0 Å².